The third-order valence-corrected chi connectivity index (χ3v) is 6.53. The van der Waals surface area contributed by atoms with Crippen LogP contribution in [0.1, 0.15) is 45.1 Å². The number of aromatic nitrogens is 3. The maximum absolute atomic E-state index is 12.3. The van der Waals surface area contributed by atoms with Crippen molar-refractivity contribution in [2.75, 3.05) is 16.8 Å². The van der Waals surface area contributed by atoms with E-state index < -0.39 is 0 Å². The second-order valence-electron chi connectivity index (χ2n) is 8.58. The Morgan fingerprint density at radius 1 is 1.00 bits per heavy atom. The number of hydrogen-bond acceptors (Lipinski definition) is 6. The second-order valence-corrected chi connectivity index (χ2v) is 8.58. The van der Waals surface area contributed by atoms with Gasteiger partial charge in [0.25, 0.3) is 0 Å². The van der Waals surface area contributed by atoms with Gasteiger partial charge in [-0.25, -0.2) is 9.97 Å². The fraction of sp³-hybridized carbons (Fsp3) is 0.308. The topological polar surface area (TPSA) is 71.0 Å². The molecule has 0 spiro atoms. The van der Waals surface area contributed by atoms with E-state index in [9.17, 15) is 4.79 Å². The monoisotopic (exact) mass is 425 g/mol. The van der Waals surface area contributed by atoms with Gasteiger partial charge in [0.15, 0.2) is 5.78 Å². The van der Waals surface area contributed by atoms with Gasteiger partial charge in [-0.1, -0.05) is 43.2 Å². The number of carbonyl (C=O) groups excluding carboxylic acids is 1. The number of ketones is 1. The van der Waals surface area contributed by atoms with Gasteiger partial charge in [-0.05, 0) is 50.0 Å². The van der Waals surface area contributed by atoms with E-state index in [0.29, 0.717) is 24.4 Å². The van der Waals surface area contributed by atoms with Crippen LogP contribution in [0.4, 0.5) is 17.6 Å². The van der Waals surface area contributed by atoms with E-state index in [4.69, 9.17) is 4.98 Å². The predicted octanol–water partition coefficient (Wildman–Crippen LogP) is 5.41. The molecule has 1 aliphatic heterocycles. The normalized spacial score (nSPS) is 16.2. The number of anilines is 3. The zero-order valence-corrected chi connectivity index (χ0v) is 18.5. The molecule has 5 rings (SSSR count). The number of rotatable bonds is 5. The summed E-state index contributed by atoms with van der Waals surface area (Å²) in [6.07, 6.45) is 8.41. The minimum atomic E-state index is 0.126. The molecule has 0 atom stereocenters. The third kappa shape index (κ3) is 3.88. The number of nitrogens with zero attached hydrogens (tertiary/aromatic N) is 4. The predicted molar refractivity (Wildman–Crippen MR) is 128 cm³/mol. The van der Waals surface area contributed by atoms with Crippen LogP contribution in [0.5, 0.6) is 0 Å². The summed E-state index contributed by atoms with van der Waals surface area (Å²) < 4.78 is 0. The van der Waals surface area contributed by atoms with Crippen LogP contribution in [-0.2, 0) is 4.79 Å². The van der Waals surface area contributed by atoms with Gasteiger partial charge >= 0.3 is 0 Å². The second kappa shape index (κ2) is 8.54. The Hall–Kier alpha value is -3.54. The van der Waals surface area contributed by atoms with E-state index in [1.54, 1.807) is 6.92 Å². The largest absolute Gasteiger partial charge is 0.348 e. The highest BCUT2D eigenvalue weighted by atomic mass is 16.1. The lowest BCUT2D eigenvalue weighted by atomic mass is 9.94. The Morgan fingerprint density at radius 3 is 2.47 bits per heavy atom. The van der Waals surface area contributed by atoms with Crippen LogP contribution in [0.3, 0.4) is 0 Å². The van der Waals surface area contributed by atoms with E-state index in [0.717, 1.165) is 46.5 Å². The van der Waals surface area contributed by atoms with Crippen molar-refractivity contribution in [2.45, 2.75) is 45.6 Å². The summed E-state index contributed by atoms with van der Waals surface area (Å²) in [7, 11) is 0. The number of nitrogens with one attached hydrogen (secondary N) is 1. The molecule has 0 radical (unpaired) electrons. The molecule has 0 amide bonds. The number of benzene rings is 1. The van der Waals surface area contributed by atoms with Crippen LogP contribution in [0.15, 0.2) is 60.4 Å². The van der Waals surface area contributed by atoms with E-state index >= 15 is 0 Å². The molecule has 1 saturated carbocycles. The molecule has 1 N–H and O–H groups in total. The summed E-state index contributed by atoms with van der Waals surface area (Å²) in [5.41, 5.74) is 5.00. The van der Waals surface area contributed by atoms with Crippen LogP contribution in [-0.4, -0.2) is 33.3 Å². The van der Waals surface area contributed by atoms with Crippen molar-refractivity contribution in [1.82, 2.24) is 15.0 Å². The number of pyridine rings is 1. The molecule has 2 aliphatic rings. The van der Waals surface area contributed by atoms with Crippen LogP contribution in [0.25, 0.3) is 16.7 Å². The van der Waals surface area contributed by atoms with Crippen molar-refractivity contribution < 1.29 is 4.79 Å². The highest BCUT2D eigenvalue weighted by molar-refractivity contribution is 6.04. The molecule has 162 valence electrons. The molecule has 1 aromatic carbocycles. The molecule has 3 heterocycles. The number of hydrogen-bond donors (Lipinski definition) is 1. The standard InChI is InChI=1S/C26H27N5O/c1-17-22-15-28-26(29-24-13-12-20(14-27-24)19-8-4-3-5-9-19)30-25(22)31(16-23(17)18(2)32)21-10-6-7-11-21/h3-5,8-9,12-15,21H,6-7,10-11,16H2,1-2H3,(H,27,28,29,30). The zero-order valence-electron chi connectivity index (χ0n) is 18.5. The molecular formula is C26H27N5O. The maximum Gasteiger partial charge on any atom is 0.230 e. The Labute approximate surface area is 188 Å². The molecule has 1 aliphatic carbocycles. The minimum Gasteiger partial charge on any atom is -0.348 e. The molecule has 2 aromatic heterocycles. The summed E-state index contributed by atoms with van der Waals surface area (Å²) in [5.74, 6) is 2.26. The highest BCUT2D eigenvalue weighted by Crippen LogP contribution is 2.38. The van der Waals surface area contributed by atoms with E-state index in [1.165, 1.54) is 12.8 Å². The third-order valence-electron chi connectivity index (χ3n) is 6.53. The number of Topliss-reactive ketones (excluding diaryl/α,β-unsaturated/α-hetero) is 1. The first-order valence-electron chi connectivity index (χ1n) is 11.2. The Kier molecular flexibility index (Phi) is 5.43. The van der Waals surface area contributed by atoms with Gasteiger partial charge in [-0.15, -0.1) is 0 Å². The summed E-state index contributed by atoms with van der Waals surface area (Å²) in [6.45, 7) is 4.28. The zero-order chi connectivity index (χ0) is 22.1. The number of carbonyl (C=O) groups is 1. The Balaban J connectivity index is 1.44. The average Bonchev–Trinajstić information content (AvgIpc) is 3.35. The van der Waals surface area contributed by atoms with Crippen LogP contribution < -0.4 is 10.2 Å². The summed E-state index contributed by atoms with van der Waals surface area (Å²) in [5, 5.41) is 3.25. The van der Waals surface area contributed by atoms with Gasteiger partial charge in [-0.2, -0.15) is 4.98 Å². The summed E-state index contributed by atoms with van der Waals surface area (Å²) in [6, 6.07) is 14.6. The van der Waals surface area contributed by atoms with Crippen LogP contribution >= 0.6 is 0 Å². The molecule has 0 unspecified atom stereocenters. The Bertz CT molecular complexity index is 1160. The first-order valence-corrected chi connectivity index (χ1v) is 11.2. The lowest BCUT2D eigenvalue weighted by Crippen LogP contribution is -2.39. The molecule has 0 saturated heterocycles. The van der Waals surface area contributed by atoms with Crippen LogP contribution in [0, 0.1) is 0 Å². The fourth-order valence-electron chi connectivity index (χ4n) is 4.72. The van der Waals surface area contributed by atoms with Gasteiger partial charge in [-0.3, -0.25) is 4.79 Å². The lowest BCUT2D eigenvalue weighted by Gasteiger charge is -2.36. The Morgan fingerprint density at radius 2 is 1.78 bits per heavy atom. The van der Waals surface area contributed by atoms with Crippen LogP contribution in [0.2, 0.25) is 0 Å². The van der Waals surface area contributed by atoms with Gasteiger partial charge in [0.05, 0.1) is 0 Å². The first kappa shape index (κ1) is 20.4. The quantitative estimate of drug-likeness (QED) is 0.590. The SMILES string of the molecule is CC(=O)C1=C(C)c2cnc(Nc3ccc(-c4ccccc4)cn3)nc2N(C2CCCC2)C1. The fourth-order valence-corrected chi connectivity index (χ4v) is 4.72. The van der Waals surface area contributed by atoms with Gasteiger partial charge in [0.1, 0.15) is 11.6 Å². The minimum absolute atomic E-state index is 0.126. The summed E-state index contributed by atoms with van der Waals surface area (Å²) in [4.78, 5) is 28.5. The van der Waals surface area contributed by atoms with Crippen molar-refractivity contribution in [3.8, 4) is 11.1 Å². The van der Waals surface area contributed by atoms with E-state index in [-0.39, 0.29) is 5.78 Å². The molecule has 6 heteroatoms. The number of allylic oxidation sites excluding steroid dienone is 1. The number of fused-ring (bicyclic) bond motifs is 1. The molecule has 6 nitrogen and oxygen atoms in total. The van der Waals surface area contributed by atoms with Gasteiger partial charge in [0.2, 0.25) is 5.95 Å². The van der Waals surface area contributed by atoms with Gasteiger partial charge < -0.3 is 10.2 Å². The molecule has 32 heavy (non-hydrogen) atoms. The molecule has 1 fully saturated rings. The maximum atomic E-state index is 12.3. The molecule has 0 bridgehead atoms. The van der Waals surface area contributed by atoms with E-state index in [1.807, 2.05) is 49.6 Å². The summed E-state index contributed by atoms with van der Waals surface area (Å²) >= 11 is 0. The average molecular weight is 426 g/mol. The van der Waals surface area contributed by atoms with Crippen molar-refractivity contribution in [1.29, 1.82) is 0 Å². The highest BCUT2D eigenvalue weighted by Gasteiger charge is 2.32. The van der Waals surface area contributed by atoms with Crippen molar-refractivity contribution in [3.05, 3.63) is 66.0 Å². The molecular weight excluding hydrogens is 398 g/mol. The lowest BCUT2D eigenvalue weighted by molar-refractivity contribution is -0.113. The molecule has 3 aromatic rings. The van der Waals surface area contributed by atoms with Crippen molar-refractivity contribution in [2.24, 2.45) is 0 Å². The van der Waals surface area contributed by atoms with Crippen molar-refractivity contribution in [3.63, 3.8) is 0 Å². The first-order chi connectivity index (χ1) is 15.6. The van der Waals surface area contributed by atoms with Gasteiger partial charge in [0, 0.05) is 41.7 Å². The smallest absolute Gasteiger partial charge is 0.230 e. The van der Waals surface area contributed by atoms with Crippen molar-refractivity contribution >= 4 is 28.9 Å². The van der Waals surface area contributed by atoms with E-state index in [2.05, 4.69) is 32.3 Å².